The Balaban J connectivity index is 1.58. The number of aryl methyl sites for hydroxylation is 2. The Kier molecular flexibility index (Phi) is 5.38. The lowest BCUT2D eigenvalue weighted by Gasteiger charge is -2.22. The number of amides is 1. The smallest absolute Gasteiger partial charge is 0.228 e. The minimum absolute atomic E-state index is 0.0346. The lowest BCUT2D eigenvalue weighted by Crippen LogP contribution is -2.30. The summed E-state index contributed by atoms with van der Waals surface area (Å²) in [4.78, 5) is 19.2. The van der Waals surface area contributed by atoms with Gasteiger partial charge in [-0.2, -0.15) is 0 Å². The Morgan fingerprint density at radius 1 is 1.44 bits per heavy atom. The van der Waals surface area contributed by atoms with Gasteiger partial charge in [0.1, 0.15) is 18.2 Å². The van der Waals surface area contributed by atoms with Gasteiger partial charge in [0.25, 0.3) is 0 Å². The van der Waals surface area contributed by atoms with E-state index in [-0.39, 0.29) is 11.8 Å². The summed E-state index contributed by atoms with van der Waals surface area (Å²) in [6.45, 7) is 4.31. The van der Waals surface area contributed by atoms with Gasteiger partial charge in [-0.1, -0.05) is 6.07 Å². The summed E-state index contributed by atoms with van der Waals surface area (Å²) >= 11 is 0. The molecule has 0 fully saturated rings. The standard InChI is InChI=1S/C19H26N4O2/c1-14-13-23-8-7-15(11-18(23)20-14)19(24)21-16-5-4-6-17(12-16)25-10-9-22(2)3/h4-6,12-13,15H,7-11H2,1-3H3,(H,21,24). The Morgan fingerprint density at radius 3 is 3.08 bits per heavy atom. The summed E-state index contributed by atoms with van der Waals surface area (Å²) in [6, 6.07) is 7.58. The molecule has 0 saturated heterocycles. The van der Waals surface area contributed by atoms with Gasteiger partial charge in [0.15, 0.2) is 0 Å². The van der Waals surface area contributed by atoms with Gasteiger partial charge >= 0.3 is 0 Å². The zero-order valence-corrected chi connectivity index (χ0v) is 15.2. The quantitative estimate of drug-likeness (QED) is 0.875. The number of nitrogens with zero attached hydrogens (tertiary/aromatic N) is 3. The molecule has 1 N–H and O–H groups in total. The number of rotatable bonds is 6. The fourth-order valence-electron chi connectivity index (χ4n) is 3.05. The van der Waals surface area contributed by atoms with E-state index in [1.807, 2.05) is 45.3 Å². The second-order valence-electron chi connectivity index (χ2n) is 6.85. The molecule has 6 nitrogen and oxygen atoms in total. The second kappa shape index (κ2) is 7.70. The normalized spacial score (nSPS) is 16.6. The van der Waals surface area contributed by atoms with Crippen molar-refractivity contribution in [1.82, 2.24) is 14.5 Å². The van der Waals surface area contributed by atoms with Crippen LogP contribution in [0.25, 0.3) is 0 Å². The molecule has 2 heterocycles. The van der Waals surface area contributed by atoms with E-state index in [0.29, 0.717) is 13.0 Å². The summed E-state index contributed by atoms with van der Waals surface area (Å²) in [5, 5.41) is 3.02. The van der Waals surface area contributed by atoms with Gasteiger partial charge < -0.3 is 19.5 Å². The van der Waals surface area contributed by atoms with Crippen molar-refractivity contribution in [3.63, 3.8) is 0 Å². The molecule has 1 aliphatic rings. The molecular formula is C19H26N4O2. The minimum atomic E-state index is -0.0346. The van der Waals surface area contributed by atoms with E-state index in [9.17, 15) is 4.79 Å². The van der Waals surface area contributed by atoms with Crippen molar-refractivity contribution in [2.24, 2.45) is 5.92 Å². The molecule has 0 spiro atoms. The molecule has 134 valence electrons. The van der Waals surface area contributed by atoms with Crippen LogP contribution >= 0.6 is 0 Å². The number of ether oxygens (including phenoxy) is 1. The number of imidazole rings is 1. The molecule has 0 radical (unpaired) electrons. The molecule has 6 heteroatoms. The molecule has 1 aromatic carbocycles. The maximum atomic E-state index is 12.6. The van der Waals surface area contributed by atoms with Crippen LogP contribution < -0.4 is 10.1 Å². The predicted octanol–water partition coefficient (Wildman–Crippen LogP) is 2.33. The lowest BCUT2D eigenvalue weighted by molar-refractivity contribution is -0.120. The van der Waals surface area contributed by atoms with Crippen LogP contribution in [0.15, 0.2) is 30.5 Å². The number of fused-ring (bicyclic) bond motifs is 1. The Bertz CT molecular complexity index is 739. The molecule has 3 rings (SSSR count). The van der Waals surface area contributed by atoms with Crippen LogP contribution in [0.1, 0.15) is 17.9 Å². The highest BCUT2D eigenvalue weighted by molar-refractivity contribution is 5.92. The van der Waals surface area contributed by atoms with Crippen molar-refractivity contribution in [2.75, 3.05) is 32.6 Å². The molecule has 0 saturated carbocycles. The molecule has 1 unspecified atom stereocenters. The van der Waals surface area contributed by atoms with Gasteiger partial charge in [0, 0.05) is 43.4 Å². The summed E-state index contributed by atoms with van der Waals surface area (Å²) in [6.07, 6.45) is 3.59. The number of hydrogen-bond acceptors (Lipinski definition) is 4. The van der Waals surface area contributed by atoms with Crippen LogP contribution in [-0.2, 0) is 17.8 Å². The van der Waals surface area contributed by atoms with E-state index in [0.717, 1.165) is 42.5 Å². The second-order valence-corrected chi connectivity index (χ2v) is 6.85. The fourth-order valence-corrected chi connectivity index (χ4v) is 3.05. The minimum Gasteiger partial charge on any atom is -0.492 e. The number of aromatic nitrogens is 2. The topological polar surface area (TPSA) is 59.4 Å². The van der Waals surface area contributed by atoms with E-state index in [1.54, 1.807) is 0 Å². The van der Waals surface area contributed by atoms with Gasteiger partial charge in [-0.15, -0.1) is 0 Å². The lowest BCUT2D eigenvalue weighted by atomic mass is 9.97. The molecule has 25 heavy (non-hydrogen) atoms. The molecular weight excluding hydrogens is 316 g/mol. The number of hydrogen-bond donors (Lipinski definition) is 1. The highest BCUT2D eigenvalue weighted by atomic mass is 16.5. The van der Waals surface area contributed by atoms with Crippen molar-refractivity contribution in [3.05, 3.63) is 42.0 Å². The van der Waals surface area contributed by atoms with Crippen LogP contribution in [0, 0.1) is 12.8 Å². The van der Waals surface area contributed by atoms with Gasteiger partial charge in [-0.25, -0.2) is 4.98 Å². The fraction of sp³-hybridized carbons (Fsp3) is 0.474. The molecule has 1 aromatic heterocycles. The Labute approximate surface area is 148 Å². The molecule has 1 aliphatic heterocycles. The third-order valence-corrected chi connectivity index (χ3v) is 4.41. The van der Waals surface area contributed by atoms with E-state index in [2.05, 4.69) is 26.0 Å². The summed E-state index contributed by atoms with van der Waals surface area (Å²) in [5.41, 5.74) is 1.79. The van der Waals surface area contributed by atoms with Gasteiger partial charge in [0.05, 0.1) is 5.69 Å². The van der Waals surface area contributed by atoms with Crippen molar-refractivity contribution >= 4 is 11.6 Å². The zero-order valence-electron chi connectivity index (χ0n) is 15.2. The first-order chi connectivity index (χ1) is 12.0. The highest BCUT2D eigenvalue weighted by Crippen LogP contribution is 2.23. The van der Waals surface area contributed by atoms with Crippen LogP contribution in [0.3, 0.4) is 0 Å². The van der Waals surface area contributed by atoms with Crippen molar-refractivity contribution in [3.8, 4) is 5.75 Å². The first-order valence-corrected chi connectivity index (χ1v) is 8.72. The van der Waals surface area contributed by atoms with Gasteiger partial charge in [-0.05, 0) is 39.6 Å². The number of nitrogens with one attached hydrogen (secondary N) is 1. The van der Waals surface area contributed by atoms with Gasteiger partial charge in [-0.3, -0.25) is 4.79 Å². The third kappa shape index (κ3) is 4.60. The number of anilines is 1. The van der Waals surface area contributed by atoms with E-state index < -0.39 is 0 Å². The number of likely N-dealkylation sites (N-methyl/N-ethyl adjacent to an activating group) is 1. The van der Waals surface area contributed by atoms with Crippen molar-refractivity contribution in [2.45, 2.75) is 26.3 Å². The summed E-state index contributed by atoms with van der Waals surface area (Å²) in [5.74, 6) is 1.80. The number of carbonyl (C=O) groups is 1. The Hall–Kier alpha value is -2.34. The monoisotopic (exact) mass is 342 g/mol. The molecule has 0 bridgehead atoms. The number of carbonyl (C=O) groups excluding carboxylic acids is 1. The number of benzene rings is 1. The average Bonchev–Trinajstić information content (AvgIpc) is 2.94. The van der Waals surface area contributed by atoms with Crippen LogP contribution in [-0.4, -0.2) is 47.6 Å². The maximum Gasteiger partial charge on any atom is 0.228 e. The first kappa shape index (κ1) is 17.5. The Morgan fingerprint density at radius 2 is 2.28 bits per heavy atom. The molecule has 0 aliphatic carbocycles. The highest BCUT2D eigenvalue weighted by Gasteiger charge is 2.26. The van der Waals surface area contributed by atoms with Crippen molar-refractivity contribution < 1.29 is 9.53 Å². The predicted molar refractivity (Wildman–Crippen MR) is 97.9 cm³/mol. The van der Waals surface area contributed by atoms with E-state index in [1.165, 1.54) is 0 Å². The van der Waals surface area contributed by atoms with Gasteiger partial charge in [0.2, 0.25) is 5.91 Å². The SMILES string of the molecule is Cc1cn2c(n1)CC(C(=O)Nc1cccc(OCCN(C)C)c1)CC2. The third-order valence-electron chi connectivity index (χ3n) is 4.41. The maximum absolute atomic E-state index is 12.6. The molecule has 1 amide bonds. The summed E-state index contributed by atoms with van der Waals surface area (Å²) < 4.78 is 7.88. The summed E-state index contributed by atoms with van der Waals surface area (Å²) in [7, 11) is 4.02. The molecule has 1 atom stereocenters. The van der Waals surface area contributed by atoms with Crippen LogP contribution in [0.4, 0.5) is 5.69 Å². The van der Waals surface area contributed by atoms with E-state index >= 15 is 0 Å². The largest absolute Gasteiger partial charge is 0.492 e. The van der Waals surface area contributed by atoms with Crippen molar-refractivity contribution in [1.29, 1.82) is 0 Å². The van der Waals surface area contributed by atoms with Crippen LogP contribution in [0.2, 0.25) is 0 Å². The average molecular weight is 342 g/mol. The first-order valence-electron chi connectivity index (χ1n) is 8.72. The van der Waals surface area contributed by atoms with E-state index in [4.69, 9.17) is 4.74 Å². The molecule has 2 aromatic rings. The zero-order chi connectivity index (χ0) is 17.8. The van der Waals surface area contributed by atoms with Crippen LogP contribution in [0.5, 0.6) is 5.75 Å².